The summed E-state index contributed by atoms with van der Waals surface area (Å²) in [5.74, 6) is 0.694. The smallest absolute Gasteiger partial charge is 0.182 e. The maximum absolute atomic E-state index is 5.46. The highest BCUT2D eigenvalue weighted by Crippen LogP contribution is 2.27. The second kappa shape index (κ2) is 5.76. The molecule has 1 aromatic heterocycles. The summed E-state index contributed by atoms with van der Waals surface area (Å²) in [4.78, 5) is 4.65. The molecule has 104 valence electrons. The van der Waals surface area contributed by atoms with Gasteiger partial charge in [-0.15, -0.1) is 0 Å². The van der Waals surface area contributed by atoms with Crippen LogP contribution in [0.2, 0.25) is 0 Å². The Morgan fingerprint density at radius 1 is 1.00 bits per heavy atom. The molecule has 4 N–H and O–H groups in total. The van der Waals surface area contributed by atoms with E-state index in [-0.39, 0.29) is 5.11 Å². The number of fused-ring (bicyclic) bond motifs is 1. The lowest BCUT2D eigenvalue weighted by Crippen LogP contribution is -2.34. The number of anilines is 1. The molecule has 0 spiro atoms. The molecule has 1 heterocycles. The Kier molecular flexibility index (Phi) is 3.66. The molecular formula is C16H14N4S. The fraction of sp³-hybridized carbons (Fsp3) is 0. The van der Waals surface area contributed by atoms with Crippen LogP contribution < -0.4 is 16.6 Å². The summed E-state index contributed by atoms with van der Waals surface area (Å²) in [6.45, 7) is 0. The van der Waals surface area contributed by atoms with Crippen LogP contribution in [0.25, 0.3) is 22.0 Å². The Morgan fingerprint density at radius 3 is 2.48 bits per heavy atom. The van der Waals surface area contributed by atoms with Crippen LogP contribution in [0, 0.1) is 0 Å². The fourth-order valence-electron chi connectivity index (χ4n) is 2.17. The van der Waals surface area contributed by atoms with Crippen LogP contribution in [0.1, 0.15) is 0 Å². The van der Waals surface area contributed by atoms with Gasteiger partial charge < -0.3 is 5.73 Å². The highest BCUT2D eigenvalue weighted by atomic mass is 32.1. The maximum atomic E-state index is 5.46. The van der Waals surface area contributed by atoms with E-state index in [1.165, 1.54) is 0 Å². The van der Waals surface area contributed by atoms with Gasteiger partial charge in [0.1, 0.15) is 0 Å². The van der Waals surface area contributed by atoms with Crippen molar-refractivity contribution in [2.75, 3.05) is 5.43 Å². The summed E-state index contributed by atoms with van der Waals surface area (Å²) in [5.41, 5.74) is 13.1. The minimum absolute atomic E-state index is 0.172. The molecule has 0 aliphatic rings. The van der Waals surface area contributed by atoms with E-state index >= 15 is 0 Å². The first-order valence-corrected chi connectivity index (χ1v) is 6.91. The molecule has 0 aliphatic heterocycles. The van der Waals surface area contributed by atoms with Crippen molar-refractivity contribution in [3.8, 4) is 11.3 Å². The van der Waals surface area contributed by atoms with E-state index in [4.69, 9.17) is 18.0 Å². The number of nitrogens with zero attached hydrogens (tertiary/aromatic N) is 1. The Morgan fingerprint density at radius 2 is 1.71 bits per heavy atom. The van der Waals surface area contributed by atoms with Crippen molar-refractivity contribution in [1.29, 1.82) is 0 Å². The van der Waals surface area contributed by atoms with Gasteiger partial charge in [-0.2, -0.15) is 0 Å². The SMILES string of the molecule is NC(=S)NNc1nc(-c2ccccc2)cc2ccccc12. The Hall–Kier alpha value is -2.66. The van der Waals surface area contributed by atoms with E-state index in [0.717, 1.165) is 22.0 Å². The van der Waals surface area contributed by atoms with E-state index in [0.29, 0.717) is 5.82 Å². The van der Waals surface area contributed by atoms with Crippen molar-refractivity contribution in [2.45, 2.75) is 0 Å². The second-order valence-electron chi connectivity index (χ2n) is 4.56. The number of rotatable bonds is 3. The van der Waals surface area contributed by atoms with E-state index < -0.39 is 0 Å². The summed E-state index contributed by atoms with van der Waals surface area (Å²) in [7, 11) is 0. The Bertz CT molecular complexity index is 787. The molecule has 3 rings (SSSR count). The lowest BCUT2D eigenvalue weighted by molar-refractivity contribution is 1.10. The van der Waals surface area contributed by atoms with Crippen LogP contribution in [0.3, 0.4) is 0 Å². The summed E-state index contributed by atoms with van der Waals surface area (Å²) >= 11 is 4.82. The van der Waals surface area contributed by atoms with Gasteiger partial charge in [0.25, 0.3) is 0 Å². The zero-order valence-corrected chi connectivity index (χ0v) is 12.0. The van der Waals surface area contributed by atoms with Crippen LogP contribution in [-0.2, 0) is 0 Å². The van der Waals surface area contributed by atoms with Gasteiger partial charge in [-0.05, 0) is 23.7 Å². The number of hydrogen-bond donors (Lipinski definition) is 3. The van der Waals surface area contributed by atoms with E-state index in [2.05, 4.69) is 28.0 Å². The molecule has 0 radical (unpaired) electrons. The number of benzene rings is 2. The quantitative estimate of drug-likeness (QED) is 0.512. The molecule has 0 saturated carbocycles. The maximum Gasteiger partial charge on any atom is 0.182 e. The topological polar surface area (TPSA) is 63.0 Å². The average Bonchev–Trinajstić information content (AvgIpc) is 2.53. The minimum atomic E-state index is 0.172. The predicted octanol–water partition coefficient (Wildman–Crippen LogP) is 3.06. The van der Waals surface area contributed by atoms with Crippen molar-refractivity contribution >= 4 is 33.9 Å². The standard InChI is InChI=1S/C16H14N4S/c17-16(21)20-19-15-13-9-5-4-8-12(13)10-14(18-15)11-6-2-1-3-7-11/h1-10H,(H,18,19)(H3,17,20,21). The molecule has 0 aliphatic carbocycles. The zero-order valence-electron chi connectivity index (χ0n) is 11.2. The average molecular weight is 294 g/mol. The van der Waals surface area contributed by atoms with Crippen molar-refractivity contribution in [3.05, 3.63) is 60.7 Å². The van der Waals surface area contributed by atoms with E-state index in [1.807, 2.05) is 48.5 Å². The first-order valence-electron chi connectivity index (χ1n) is 6.51. The summed E-state index contributed by atoms with van der Waals surface area (Å²) in [5, 5.41) is 2.27. The number of nitrogens with one attached hydrogen (secondary N) is 2. The lowest BCUT2D eigenvalue weighted by atomic mass is 10.1. The fourth-order valence-corrected chi connectivity index (χ4v) is 2.22. The molecule has 0 unspecified atom stereocenters. The number of hydrogen-bond acceptors (Lipinski definition) is 3. The second-order valence-corrected chi connectivity index (χ2v) is 5.00. The zero-order chi connectivity index (χ0) is 14.7. The lowest BCUT2D eigenvalue weighted by Gasteiger charge is -2.12. The summed E-state index contributed by atoms with van der Waals surface area (Å²) in [6.07, 6.45) is 0. The van der Waals surface area contributed by atoms with Crippen molar-refractivity contribution in [2.24, 2.45) is 5.73 Å². The molecule has 0 atom stereocenters. The molecule has 21 heavy (non-hydrogen) atoms. The van der Waals surface area contributed by atoms with Crippen LogP contribution >= 0.6 is 12.2 Å². The first-order chi connectivity index (χ1) is 10.2. The highest BCUT2D eigenvalue weighted by molar-refractivity contribution is 7.80. The van der Waals surface area contributed by atoms with Gasteiger partial charge in [0.2, 0.25) is 0 Å². The molecule has 4 nitrogen and oxygen atoms in total. The van der Waals surface area contributed by atoms with Crippen LogP contribution in [0.5, 0.6) is 0 Å². The third-order valence-corrected chi connectivity index (χ3v) is 3.22. The number of hydrazine groups is 1. The van der Waals surface area contributed by atoms with Gasteiger partial charge in [0.05, 0.1) is 5.69 Å². The molecule has 0 bridgehead atoms. The molecule has 0 amide bonds. The van der Waals surface area contributed by atoms with Crippen LogP contribution in [-0.4, -0.2) is 10.1 Å². The van der Waals surface area contributed by atoms with E-state index in [1.54, 1.807) is 0 Å². The van der Waals surface area contributed by atoms with Crippen LogP contribution in [0.4, 0.5) is 5.82 Å². The largest absolute Gasteiger partial charge is 0.375 e. The summed E-state index contributed by atoms with van der Waals surface area (Å²) < 4.78 is 0. The first kappa shape index (κ1) is 13.3. The minimum Gasteiger partial charge on any atom is -0.375 e. The van der Waals surface area contributed by atoms with Gasteiger partial charge in [-0.1, -0.05) is 54.6 Å². The third kappa shape index (κ3) is 2.93. The molecular weight excluding hydrogens is 280 g/mol. The predicted molar refractivity (Wildman–Crippen MR) is 90.7 cm³/mol. The number of pyridine rings is 1. The third-order valence-electron chi connectivity index (χ3n) is 3.11. The van der Waals surface area contributed by atoms with Gasteiger partial charge in [-0.25, -0.2) is 4.98 Å². The van der Waals surface area contributed by atoms with Crippen LogP contribution in [0.15, 0.2) is 60.7 Å². The highest BCUT2D eigenvalue weighted by Gasteiger charge is 2.07. The normalized spacial score (nSPS) is 10.3. The Labute approximate surface area is 128 Å². The van der Waals surface area contributed by atoms with Crippen molar-refractivity contribution in [1.82, 2.24) is 10.4 Å². The molecule has 0 fully saturated rings. The number of nitrogens with two attached hydrogens (primary N) is 1. The van der Waals surface area contributed by atoms with Gasteiger partial charge in [0, 0.05) is 10.9 Å². The molecule has 0 saturated heterocycles. The Balaban J connectivity index is 2.12. The summed E-state index contributed by atoms with van der Waals surface area (Å²) in [6, 6.07) is 20.1. The molecule has 5 heteroatoms. The van der Waals surface area contributed by atoms with E-state index in [9.17, 15) is 0 Å². The van der Waals surface area contributed by atoms with Gasteiger partial charge >= 0.3 is 0 Å². The van der Waals surface area contributed by atoms with Crippen molar-refractivity contribution in [3.63, 3.8) is 0 Å². The van der Waals surface area contributed by atoms with Gasteiger partial charge in [0.15, 0.2) is 10.9 Å². The number of thiocarbonyl (C=S) groups is 1. The molecule has 2 aromatic carbocycles. The molecule has 3 aromatic rings. The van der Waals surface area contributed by atoms with Crippen molar-refractivity contribution < 1.29 is 0 Å². The number of aromatic nitrogens is 1. The monoisotopic (exact) mass is 294 g/mol. The van der Waals surface area contributed by atoms with Gasteiger partial charge in [-0.3, -0.25) is 10.9 Å².